The maximum absolute atomic E-state index is 6.13. The van der Waals surface area contributed by atoms with Crippen molar-refractivity contribution in [1.29, 1.82) is 0 Å². The van der Waals surface area contributed by atoms with Crippen molar-refractivity contribution in [2.24, 2.45) is 0 Å². The third-order valence-corrected chi connectivity index (χ3v) is 3.27. The highest BCUT2D eigenvalue weighted by atomic mass is 35.5. The summed E-state index contributed by atoms with van der Waals surface area (Å²) in [4.78, 5) is 11.0. The summed E-state index contributed by atoms with van der Waals surface area (Å²) in [5, 5.41) is 3.91. The minimum absolute atomic E-state index is 0.530. The van der Waals surface area contributed by atoms with Crippen molar-refractivity contribution in [2.75, 3.05) is 32.5 Å². The quantitative estimate of drug-likeness (QED) is 0.819. The van der Waals surface area contributed by atoms with Gasteiger partial charge >= 0.3 is 0 Å². The molecule has 1 aromatic rings. The van der Waals surface area contributed by atoms with Crippen LogP contribution in [-0.2, 0) is 0 Å². The van der Waals surface area contributed by atoms with Gasteiger partial charge in [0.25, 0.3) is 0 Å². The zero-order chi connectivity index (χ0) is 12.4. The molecule has 0 aliphatic heterocycles. The fourth-order valence-corrected chi connectivity index (χ4v) is 1.78. The van der Waals surface area contributed by atoms with Crippen LogP contribution in [0.2, 0.25) is 5.15 Å². The van der Waals surface area contributed by atoms with E-state index in [-0.39, 0.29) is 0 Å². The molecule has 1 heterocycles. The monoisotopic (exact) mass is 254 g/mol. The summed E-state index contributed by atoms with van der Waals surface area (Å²) >= 11 is 6.13. The highest BCUT2D eigenvalue weighted by Gasteiger charge is 2.27. The molecule has 1 N–H and O–H groups in total. The standard InChI is InChI=1S/C12H19ClN4/c1-8-10(13)15-12(9-4-5-9)16-11(8)14-6-7-17(2)3/h9H,4-7H2,1-3H3,(H,14,15,16). The third-order valence-electron chi connectivity index (χ3n) is 2.90. The lowest BCUT2D eigenvalue weighted by Gasteiger charge is -2.13. The lowest BCUT2D eigenvalue weighted by atomic mass is 10.3. The predicted molar refractivity (Wildman–Crippen MR) is 70.8 cm³/mol. The molecule has 0 spiro atoms. The summed E-state index contributed by atoms with van der Waals surface area (Å²) in [6, 6.07) is 0. The third kappa shape index (κ3) is 3.30. The van der Waals surface area contributed by atoms with Crippen LogP contribution in [0.5, 0.6) is 0 Å². The van der Waals surface area contributed by atoms with Crippen LogP contribution in [-0.4, -0.2) is 42.1 Å². The Morgan fingerprint density at radius 1 is 1.35 bits per heavy atom. The molecule has 1 aliphatic carbocycles. The van der Waals surface area contributed by atoms with E-state index in [9.17, 15) is 0 Å². The molecule has 1 fully saturated rings. The summed E-state index contributed by atoms with van der Waals surface area (Å²) < 4.78 is 0. The van der Waals surface area contributed by atoms with E-state index in [0.29, 0.717) is 11.1 Å². The van der Waals surface area contributed by atoms with E-state index in [1.54, 1.807) is 0 Å². The molecule has 0 saturated heterocycles. The fraction of sp³-hybridized carbons (Fsp3) is 0.667. The molecule has 0 amide bonds. The van der Waals surface area contributed by atoms with E-state index in [0.717, 1.165) is 30.3 Å². The highest BCUT2D eigenvalue weighted by molar-refractivity contribution is 6.30. The molecule has 2 rings (SSSR count). The first-order valence-corrected chi connectivity index (χ1v) is 6.38. The van der Waals surface area contributed by atoms with Crippen LogP contribution in [0.1, 0.15) is 30.1 Å². The number of nitrogens with zero attached hydrogens (tertiary/aromatic N) is 3. The Hall–Kier alpha value is -0.870. The van der Waals surface area contributed by atoms with Gasteiger partial charge in [-0.1, -0.05) is 11.6 Å². The number of nitrogens with one attached hydrogen (secondary N) is 1. The van der Waals surface area contributed by atoms with Crippen LogP contribution in [0.15, 0.2) is 0 Å². The Morgan fingerprint density at radius 2 is 2.06 bits per heavy atom. The van der Waals surface area contributed by atoms with Crippen molar-refractivity contribution in [1.82, 2.24) is 14.9 Å². The fourth-order valence-electron chi connectivity index (χ4n) is 1.60. The normalized spacial score (nSPS) is 15.4. The van der Waals surface area contributed by atoms with Crippen LogP contribution in [0, 0.1) is 6.92 Å². The van der Waals surface area contributed by atoms with Gasteiger partial charge in [-0.25, -0.2) is 9.97 Å². The van der Waals surface area contributed by atoms with Crippen LogP contribution in [0.3, 0.4) is 0 Å². The summed E-state index contributed by atoms with van der Waals surface area (Å²) in [5.41, 5.74) is 0.940. The Morgan fingerprint density at radius 3 is 2.65 bits per heavy atom. The maximum atomic E-state index is 6.13. The Kier molecular flexibility index (Phi) is 3.84. The number of hydrogen-bond acceptors (Lipinski definition) is 4. The molecule has 4 nitrogen and oxygen atoms in total. The lowest BCUT2D eigenvalue weighted by Crippen LogP contribution is -2.21. The van der Waals surface area contributed by atoms with Crippen molar-refractivity contribution < 1.29 is 0 Å². The molecule has 0 unspecified atom stereocenters. The van der Waals surface area contributed by atoms with Gasteiger partial charge in [0.1, 0.15) is 16.8 Å². The second-order valence-corrected chi connectivity index (χ2v) is 5.21. The SMILES string of the molecule is Cc1c(Cl)nc(C2CC2)nc1NCCN(C)C. The average molecular weight is 255 g/mol. The average Bonchev–Trinajstić information content (AvgIpc) is 3.07. The van der Waals surface area contributed by atoms with Crippen LogP contribution < -0.4 is 5.32 Å². The largest absolute Gasteiger partial charge is 0.368 e. The van der Waals surface area contributed by atoms with Crippen molar-refractivity contribution in [3.05, 3.63) is 16.5 Å². The second kappa shape index (κ2) is 5.19. The molecule has 0 radical (unpaired) electrons. The first-order chi connectivity index (χ1) is 8.08. The zero-order valence-corrected chi connectivity index (χ0v) is 11.4. The highest BCUT2D eigenvalue weighted by Crippen LogP contribution is 2.39. The number of halogens is 1. The summed E-state index contributed by atoms with van der Waals surface area (Å²) in [6.45, 7) is 3.79. The summed E-state index contributed by atoms with van der Waals surface area (Å²) in [5.74, 6) is 2.31. The van der Waals surface area contributed by atoms with Crippen LogP contribution in [0.25, 0.3) is 0 Å². The van der Waals surface area contributed by atoms with E-state index in [1.165, 1.54) is 12.8 Å². The van der Waals surface area contributed by atoms with Gasteiger partial charge < -0.3 is 10.2 Å². The van der Waals surface area contributed by atoms with Gasteiger partial charge in [0, 0.05) is 24.6 Å². The number of anilines is 1. The molecule has 17 heavy (non-hydrogen) atoms. The van der Waals surface area contributed by atoms with E-state index in [4.69, 9.17) is 11.6 Å². The summed E-state index contributed by atoms with van der Waals surface area (Å²) in [7, 11) is 4.11. The lowest BCUT2D eigenvalue weighted by molar-refractivity contribution is 0.425. The molecule has 5 heteroatoms. The van der Waals surface area contributed by atoms with Gasteiger partial charge in [-0.3, -0.25) is 0 Å². The van der Waals surface area contributed by atoms with E-state index < -0.39 is 0 Å². The van der Waals surface area contributed by atoms with Gasteiger partial charge in [-0.2, -0.15) is 0 Å². The van der Waals surface area contributed by atoms with Crippen molar-refractivity contribution in [3.8, 4) is 0 Å². The molecular weight excluding hydrogens is 236 g/mol. The molecular formula is C12H19ClN4. The Labute approximate surface area is 107 Å². The van der Waals surface area contributed by atoms with Crippen molar-refractivity contribution >= 4 is 17.4 Å². The smallest absolute Gasteiger partial charge is 0.137 e. The zero-order valence-electron chi connectivity index (χ0n) is 10.6. The predicted octanol–water partition coefficient (Wildman–Crippen LogP) is 2.29. The summed E-state index contributed by atoms with van der Waals surface area (Å²) in [6.07, 6.45) is 2.38. The molecule has 94 valence electrons. The number of rotatable bonds is 5. The van der Waals surface area contributed by atoms with Gasteiger partial charge in [0.15, 0.2) is 0 Å². The van der Waals surface area contributed by atoms with Crippen molar-refractivity contribution in [2.45, 2.75) is 25.7 Å². The number of aromatic nitrogens is 2. The van der Waals surface area contributed by atoms with Gasteiger partial charge in [0.05, 0.1) is 0 Å². The molecule has 1 aromatic heterocycles. The molecule has 0 atom stereocenters. The first kappa shape index (κ1) is 12.6. The van der Waals surface area contributed by atoms with E-state index in [2.05, 4.69) is 34.3 Å². The van der Waals surface area contributed by atoms with E-state index in [1.807, 2.05) is 6.92 Å². The van der Waals surface area contributed by atoms with Gasteiger partial charge in [-0.15, -0.1) is 0 Å². The topological polar surface area (TPSA) is 41.1 Å². The maximum Gasteiger partial charge on any atom is 0.137 e. The van der Waals surface area contributed by atoms with Crippen molar-refractivity contribution in [3.63, 3.8) is 0 Å². The molecule has 0 bridgehead atoms. The Balaban J connectivity index is 2.08. The van der Waals surface area contributed by atoms with Crippen LogP contribution >= 0.6 is 11.6 Å². The molecule has 0 aromatic carbocycles. The second-order valence-electron chi connectivity index (χ2n) is 4.85. The van der Waals surface area contributed by atoms with Gasteiger partial charge in [0.2, 0.25) is 0 Å². The van der Waals surface area contributed by atoms with E-state index >= 15 is 0 Å². The molecule has 1 aliphatic rings. The number of hydrogen-bond donors (Lipinski definition) is 1. The number of likely N-dealkylation sites (N-methyl/N-ethyl adjacent to an activating group) is 1. The molecule has 1 saturated carbocycles. The van der Waals surface area contributed by atoms with Crippen LogP contribution in [0.4, 0.5) is 5.82 Å². The first-order valence-electron chi connectivity index (χ1n) is 6.00. The minimum atomic E-state index is 0.530. The Bertz CT molecular complexity index is 402. The van der Waals surface area contributed by atoms with Gasteiger partial charge in [-0.05, 0) is 33.9 Å². The minimum Gasteiger partial charge on any atom is -0.368 e.